The third kappa shape index (κ3) is 10.3. The Hall–Kier alpha value is -3.60. The molecule has 0 unspecified atom stereocenters. The van der Waals surface area contributed by atoms with Gasteiger partial charge in [-0.25, -0.2) is 14.4 Å². The molecule has 3 N–H and O–H groups in total. The van der Waals surface area contributed by atoms with Crippen molar-refractivity contribution in [2.24, 2.45) is 0 Å². The fraction of sp³-hybridized carbons (Fsp3) is 0.628. The van der Waals surface area contributed by atoms with E-state index in [4.69, 9.17) is 14.2 Å². The molecule has 0 atom stereocenters. The number of hydrogen-bond donors (Lipinski definition) is 3. The number of esters is 3. The molecule has 3 saturated heterocycles. The Labute approximate surface area is 315 Å². The van der Waals surface area contributed by atoms with Gasteiger partial charge in [0.1, 0.15) is 18.3 Å². The van der Waals surface area contributed by atoms with Crippen LogP contribution < -0.4 is 16.0 Å². The maximum atomic E-state index is 14.2. The van der Waals surface area contributed by atoms with Crippen LogP contribution in [-0.4, -0.2) is 75.7 Å². The van der Waals surface area contributed by atoms with E-state index in [0.29, 0.717) is 55.9 Å². The Morgan fingerprint density at radius 3 is 1.15 bits per heavy atom. The minimum atomic E-state index is -0.622. The normalized spacial score (nSPS) is 23.4. The number of carbonyl (C=O) groups excluding carboxylic acids is 4. The van der Waals surface area contributed by atoms with Crippen LogP contribution in [0.5, 0.6) is 0 Å². The van der Waals surface area contributed by atoms with Crippen LogP contribution in [-0.2, 0) is 14.2 Å². The predicted molar refractivity (Wildman–Crippen MR) is 206 cm³/mol. The number of ether oxygens (including phenoxy) is 3. The summed E-state index contributed by atoms with van der Waals surface area (Å²) in [4.78, 5) is 53.9. The zero-order valence-corrected chi connectivity index (χ0v) is 33.9. The standard InChI is InChI=1S/C43H61N3O7/c1-38(2)19-29(20-39(3,4)44-38)51-35(48)32-16-15-27(18-34(32)37(50)53-31-23-42(9,10)46-43(11,12)24-31)26-13-14-28(25-47)33(17-26)36(49)52-30-21-40(5,6)45-41(7,8)22-30/h13-18,25,29-31,44-46H,19-24H2,1-12H3. The Morgan fingerprint density at radius 2 is 0.792 bits per heavy atom. The van der Waals surface area contributed by atoms with Gasteiger partial charge in [0.25, 0.3) is 0 Å². The summed E-state index contributed by atoms with van der Waals surface area (Å²) in [7, 11) is 0. The Bertz CT molecular complexity index is 1710. The van der Waals surface area contributed by atoms with E-state index in [0.717, 1.165) is 0 Å². The zero-order valence-electron chi connectivity index (χ0n) is 33.9. The molecule has 10 heteroatoms. The van der Waals surface area contributed by atoms with E-state index >= 15 is 0 Å². The Kier molecular flexibility index (Phi) is 10.9. The number of nitrogens with one attached hydrogen (secondary N) is 3. The number of aldehydes is 1. The minimum absolute atomic E-state index is 0.0804. The fourth-order valence-corrected chi connectivity index (χ4v) is 9.67. The van der Waals surface area contributed by atoms with Crippen LogP contribution >= 0.6 is 0 Å². The second-order valence-electron chi connectivity index (χ2n) is 19.7. The molecule has 10 nitrogen and oxygen atoms in total. The van der Waals surface area contributed by atoms with Gasteiger partial charge in [-0.05, 0) is 112 Å². The molecule has 53 heavy (non-hydrogen) atoms. The van der Waals surface area contributed by atoms with Gasteiger partial charge in [0, 0.05) is 77.3 Å². The van der Waals surface area contributed by atoms with Gasteiger partial charge in [0.2, 0.25) is 0 Å². The van der Waals surface area contributed by atoms with Crippen molar-refractivity contribution in [2.45, 2.75) is 173 Å². The van der Waals surface area contributed by atoms with Gasteiger partial charge >= 0.3 is 17.9 Å². The molecule has 0 amide bonds. The van der Waals surface area contributed by atoms with Crippen molar-refractivity contribution >= 4 is 24.2 Å². The molecule has 0 bridgehead atoms. The van der Waals surface area contributed by atoms with Crippen LogP contribution in [0.25, 0.3) is 11.1 Å². The molecular formula is C43H61N3O7. The van der Waals surface area contributed by atoms with Crippen molar-refractivity contribution in [1.82, 2.24) is 16.0 Å². The van der Waals surface area contributed by atoms with E-state index < -0.39 is 17.9 Å². The molecule has 2 aromatic rings. The number of rotatable bonds is 8. The molecule has 0 saturated carbocycles. The SMILES string of the molecule is CC1(C)CC(OC(=O)c2cc(-c3ccc(C(=O)OC4CC(C)(C)NC(C)(C)C4)c(C(=O)OC4CC(C)(C)NC(C)(C)C4)c3)ccc2C=O)CC(C)(C)N1. The highest BCUT2D eigenvalue weighted by molar-refractivity contribution is 6.05. The lowest BCUT2D eigenvalue weighted by Gasteiger charge is -2.46. The first-order chi connectivity index (χ1) is 24.3. The van der Waals surface area contributed by atoms with Crippen LogP contribution in [0.4, 0.5) is 0 Å². The molecule has 3 aliphatic heterocycles. The number of carbonyl (C=O) groups is 4. The van der Waals surface area contributed by atoms with E-state index in [1.54, 1.807) is 36.4 Å². The summed E-state index contributed by atoms with van der Waals surface area (Å²) in [5, 5.41) is 10.8. The van der Waals surface area contributed by atoms with Crippen LogP contribution in [0.3, 0.4) is 0 Å². The van der Waals surface area contributed by atoms with Crippen molar-refractivity contribution < 1.29 is 33.4 Å². The van der Waals surface area contributed by atoms with Gasteiger partial charge in [-0.15, -0.1) is 0 Å². The van der Waals surface area contributed by atoms with Crippen molar-refractivity contribution in [3.05, 3.63) is 58.7 Å². The van der Waals surface area contributed by atoms with Gasteiger partial charge in [-0.1, -0.05) is 18.2 Å². The Balaban J connectivity index is 1.48. The summed E-state index contributed by atoms with van der Waals surface area (Å²) in [6.45, 7) is 25.0. The summed E-state index contributed by atoms with van der Waals surface area (Å²) in [5.74, 6) is -1.80. The zero-order chi connectivity index (χ0) is 39.4. The van der Waals surface area contributed by atoms with Crippen LogP contribution in [0, 0.1) is 0 Å². The number of benzene rings is 2. The molecule has 2 aromatic carbocycles. The summed E-state index contributed by atoms with van der Waals surface area (Å²) in [5.41, 5.74) is 0.159. The second-order valence-corrected chi connectivity index (χ2v) is 19.7. The predicted octanol–water partition coefficient (Wildman–Crippen LogP) is 7.56. The molecule has 3 aliphatic rings. The molecule has 0 aromatic heterocycles. The van der Waals surface area contributed by atoms with E-state index in [-0.39, 0.29) is 73.8 Å². The molecule has 290 valence electrons. The van der Waals surface area contributed by atoms with Crippen LogP contribution in [0.15, 0.2) is 36.4 Å². The molecule has 3 fully saturated rings. The van der Waals surface area contributed by atoms with Gasteiger partial charge in [0.05, 0.1) is 16.7 Å². The maximum Gasteiger partial charge on any atom is 0.339 e. The van der Waals surface area contributed by atoms with E-state index in [1.165, 1.54) is 0 Å². The van der Waals surface area contributed by atoms with E-state index in [9.17, 15) is 19.2 Å². The highest BCUT2D eigenvalue weighted by Crippen LogP contribution is 2.35. The first-order valence-electron chi connectivity index (χ1n) is 19.0. The smallest absolute Gasteiger partial charge is 0.339 e. The highest BCUT2D eigenvalue weighted by atomic mass is 16.6. The quantitative estimate of drug-likeness (QED) is 0.142. The number of piperidine rings is 3. The molecule has 5 rings (SSSR count). The van der Waals surface area contributed by atoms with Gasteiger partial charge in [-0.3, -0.25) is 4.79 Å². The van der Waals surface area contributed by atoms with Crippen LogP contribution in [0.2, 0.25) is 0 Å². The molecule has 0 aliphatic carbocycles. The summed E-state index contributed by atoms with van der Waals surface area (Å²) < 4.78 is 18.3. The van der Waals surface area contributed by atoms with Crippen molar-refractivity contribution in [1.29, 1.82) is 0 Å². The number of hydrogen-bond acceptors (Lipinski definition) is 10. The molecule has 3 heterocycles. The lowest BCUT2D eigenvalue weighted by Crippen LogP contribution is -2.59. The minimum Gasteiger partial charge on any atom is -0.459 e. The third-order valence-electron chi connectivity index (χ3n) is 10.5. The van der Waals surface area contributed by atoms with Gasteiger partial charge in [-0.2, -0.15) is 0 Å². The maximum absolute atomic E-state index is 14.2. The summed E-state index contributed by atoms with van der Waals surface area (Å²) in [6, 6.07) is 9.85. The molecular weight excluding hydrogens is 670 g/mol. The highest BCUT2D eigenvalue weighted by Gasteiger charge is 2.42. The second kappa shape index (κ2) is 14.2. The average molecular weight is 732 g/mol. The van der Waals surface area contributed by atoms with E-state index in [2.05, 4.69) is 99.0 Å². The molecule has 0 radical (unpaired) electrons. The van der Waals surface area contributed by atoms with Crippen LogP contribution in [0.1, 0.15) is 163 Å². The Morgan fingerprint density at radius 1 is 0.491 bits per heavy atom. The fourth-order valence-electron chi connectivity index (χ4n) is 9.67. The summed E-state index contributed by atoms with van der Waals surface area (Å²) >= 11 is 0. The summed E-state index contributed by atoms with van der Waals surface area (Å²) in [6.07, 6.45) is 3.25. The van der Waals surface area contributed by atoms with Crippen molar-refractivity contribution in [3.8, 4) is 11.1 Å². The van der Waals surface area contributed by atoms with Crippen molar-refractivity contribution in [2.75, 3.05) is 0 Å². The topological polar surface area (TPSA) is 132 Å². The lowest BCUT2D eigenvalue weighted by atomic mass is 9.81. The largest absolute Gasteiger partial charge is 0.459 e. The monoisotopic (exact) mass is 731 g/mol. The first-order valence-corrected chi connectivity index (χ1v) is 19.0. The van der Waals surface area contributed by atoms with Crippen molar-refractivity contribution in [3.63, 3.8) is 0 Å². The average Bonchev–Trinajstić information content (AvgIpc) is 2.95. The first kappa shape index (κ1) is 40.6. The van der Waals surface area contributed by atoms with Gasteiger partial charge < -0.3 is 30.2 Å². The van der Waals surface area contributed by atoms with E-state index in [1.807, 2.05) is 0 Å². The molecule has 0 spiro atoms. The lowest BCUT2D eigenvalue weighted by molar-refractivity contribution is -0.0106. The third-order valence-corrected chi connectivity index (χ3v) is 10.5. The van der Waals surface area contributed by atoms with Gasteiger partial charge in [0.15, 0.2) is 6.29 Å².